The lowest BCUT2D eigenvalue weighted by molar-refractivity contribution is -0.124. The molecule has 0 aliphatic rings. The lowest BCUT2D eigenvalue weighted by Crippen LogP contribution is -2.30. The SMILES string of the molecule is CCCC(C)(C)C(=O)Nc1ccc(NCC(C)(C)O)c(N=CNC(=O)Nc2ccc(C#N)cc2)c1. The summed E-state index contributed by atoms with van der Waals surface area (Å²) in [5.41, 5.74) is 1.23. The van der Waals surface area contributed by atoms with E-state index in [-0.39, 0.29) is 12.5 Å². The van der Waals surface area contributed by atoms with Crippen LogP contribution in [-0.4, -0.2) is 35.5 Å². The van der Waals surface area contributed by atoms with Crippen molar-refractivity contribution in [1.82, 2.24) is 5.32 Å². The Morgan fingerprint density at radius 3 is 2.31 bits per heavy atom. The molecule has 0 saturated heterocycles. The van der Waals surface area contributed by atoms with Gasteiger partial charge in [0, 0.05) is 23.3 Å². The van der Waals surface area contributed by atoms with Crippen LogP contribution in [0, 0.1) is 16.7 Å². The van der Waals surface area contributed by atoms with E-state index in [0.717, 1.165) is 12.8 Å². The summed E-state index contributed by atoms with van der Waals surface area (Å²) in [4.78, 5) is 29.3. The Morgan fingerprint density at radius 1 is 1.06 bits per heavy atom. The van der Waals surface area contributed by atoms with E-state index < -0.39 is 17.0 Å². The Bertz CT molecular complexity index is 1100. The van der Waals surface area contributed by atoms with Gasteiger partial charge in [-0.3, -0.25) is 10.1 Å². The number of nitrogens with zero attached hydrogens (tertiary/aromatic N) is 2. The summed E-state index contributed by atoms with van der Waals surface area (Å²) < 4.78 is 0. The highest BCUT2D eigenvalue weighted by Crippen LogP contribution is 2.31. The minimum Gasteiger partial charge on any atom is -0.389 e. The van der Waals surface area contributed by atoms with Crippen molar-refractivity contribution in [2.75, 3.05) is 22.5 Å². The maximum Gasteiger partial charge on any atom is 0.324 e. The minimum absolute atomic E-state index is 0.0913. The molecule has 0 heterocycles. The van der Waals surface area contributed by atoms with Gasteiger partial charge in [0.15, 0.2) is 0 Å². The number of benzene rings is 2. The zero-order valence-corrected chi connectivity index (χ0v) is 20.9. The number of urea groups is 1. The lowest BCUT2D eigenvalue weighted by atomic mass is 9.87. The molecule has 5 N–H and O–H groups in total. The number of nitriles is 1. The van der Waals surface area contributed by atoms with Gasteiger partial charge in [-0.05, 0) is 62.7 Å². The standard InChI is InChI=1S/C26H34N6O3/c1-6-13-25(2,3)23(33)31-20-11-12-21(28-16-26(4,5)35)22(14-20)29-17-30-24(34)32-19-9-7-18(15-27)8-10-19/h7-12,14,17,28,35H,6,13,16H2,1-5H3,(H,31,33)(H2,29,30,32,34). The second-order valence-corrected chi connectivity index (χ2v) is 9.53. The van der Waals surface area contributed by atoms with Crippen molar-refractivity contribution < 1.29 is 14.7 Å². The smallest absolute Gasteiger partial charge is 0.324 e. The predicted octanol–water partition coefficient (Wildman–Crippen LogP) is 4.99. The molecule has 0 bridgehead atoms. The Morgan fingerprint density at radius 2 is 1.71 bits per heavy atom. The second-order valence-electron chi connectivity index (χ2n) is 9.53. The van der Waals surface area contributed by atoms with E-state index in [2.05, 4.69) is 26.3 Å². The third-order valence-electron chi connectivity index (χ3n) is 5.13. The van der Waals surface area contributed by atoms with Crippen molar-refractivity contribution in [3.63, 3.8) is 0 Å². The number of hydrogen-bond donors (Lipinski definition) is 5. The largest absolute Gasteiger partial charge is 0.389 e. The first-order valence-electron chi connectivity index (χ1n) is 11.5. The van der Waals surface area contributed by atoms with Crippen LogP contribution >= 0.6 is 0 Å². The topological polar surface area (TPSA) is 139 Å². The molecule has 3 amide bonds. The molecule has 0 unspecified atom stereocenters. The summed E-state index contributed by atoms with van der Waals surface area (Å²) in [6, 6.07) is 13.2. The van der Waals surface area contributed by atoms with Gasteiger partial charge in [-0.1, -0.05) is 27.2 Å². The van der Waals surface area contributed by atoms with Crippen molar-refractivity contribution in [2.24, 2.45) is 10.4 Å². The summed E-state index contributed by atoms with van der Waals surface area (Å²) in [5, 5.41) is 30.2. The minimum atomic E-state index is -0.947. The van der Waals surface area contributed by atoms with E-state index in [0.29, 0.717) is 28.3 Å². The number of anilines is 3. The number of carbonyl (C=O) groups is 2. The predicted molar refractivity (Wildman–Crippen MR) is 140 cm³/mol. The van der Waals surface area contributed by atoms with E-state index in [9.17, 15) is 14.7 Å². The summed E-state index contributed by atoms with van der Waals surface area (Å²) >= 11 is 0. The fourth-order valence-electron chi connectivity index (χ4n) is 3.17. The summed E-state index contributed by atoms with van der Waals surface area (Å²) in [5.74, 6) is -0.0913. The molecule has 0 aliphatic carbocycles. The Balaban J connectivity index is 2.16. The first-order chi connectivity index (χ1) is 16.4. The zero-order valence-electron chi connectivity index (χ0n) is 20.9. The van der Waals surface area contributed by atoms with Gasteiger partial charge < -0.3 is 21.1 Å². The number of carbonyl (C=O) groups excluding carboxylic acids is 2. The highest BCUT2D eigenvalue weighted by Gasteiger charge is 2.26. The molecular formula is C26H34N6O3. The van der Waals surface area contributed by atoms with Crippen LogP contribution in [0.4, 0.5) is 27.5 Å². The molecule has 0 radical (unpaired) electrons. The average molecular weight is 479 g/mol. The van der Waals surface area contributed by atoms with Gasteiger partial charge in [-0.2, -0.15) is 5.26 Å². The van der Waals surface area contributed by atoms with Crippen molar-refractivity contribution in [2.45, 2.75) is 53.1 Å². The molecular weight excluding hydrogens is 444 g/mol. The molecule has 9 heteroatoms. The number of rotatable bonds is 10. The number of nitrogens with one attached hydrogen (secondary N) is 4. The first kappa shape index (κ1) is 27.3. The molecule has 9 nitrogen and oxygen atoms in total. The van der Waals surface area contributed by atoms with Crippen LogP contribution in [0.1, 0.15) is 53.0 Å². The molecule has 0 spiro atoms. The van der Waals surface area contributed by atoms with Crippen molar-refractivity contribution in [1.29, 1.82) is 5.26 Å². The number of amides is 3. The van der Waals surface area contributed by atoms with E-state index in [1.54, 1.807) is 56.3 Å². The van der Waals surface area contributed by atoms with Gasteiger partial charge in [-0.25, -0.2) is 9.79 Å². The van der Waals surface area contributed by atoms with Crippen molar-refractivity contribution in [3.8, 4) is 6.07 Å². The van der Waals surface area contributed by atoms with Gasteiger partial charge in [0.25, 0.3) is 0 Å². The quantitative estimate of drug-likeness (QED) is 0.242. The van der Waals surface area contributed by atoms with Crippen LogP contribution in [0.5, 0.6) is 0 Å². The fourth-order valence-corrected chi connectivity index (χ4v) is 3.17. The van der Waals surface area contributed by atoms with Gasteiger partial charge in [0.1, 0.15) is 0 Å². The fraction of sp³-hybridized carbons (Fsp3) is 0.385. The molecule has 2 aromatic rings. The Labute approximate surface area is 206 Å². The molecule has 2 rings (SSSR count). The van der Waals surface area contributed by atoms with Crippen LogP contribution < -0.4 is 21.3 Å². The number of aliphatic hydroxyl groups is 1. The molecule has 0 fully saturated rings. The second kappa shape index (κ2) is 12.0. The van der Waals surface area contributed by atoms with E-state index in [1.165, 1.54) is 6.34 Å². The highest BCUT2D eigenvalue weighted by atomic mass is 16.3. The number of hydrogen-bond acceptors (Lipinski definition) is 6. The maximum atomic E-state index is 12.7. The van der Waals surface area contributed by atoms with Gasteiger partial charge in [0.05, 0.1) is 34.9 Å². The number of aliphatic imine (C=N–C) groups is 1. The van der Waals surface area contributed by atoms with Gasteiger partial charge >= 0.3 is 6.03 Å². The van der Waals surface area contributed by atoms with Crippen molar-refractivity contribution >= 4 is 41.0 Å². The van der Waals surface area contributed by atoms with E-state index in [4.69, 9.17) is 5.26 Å². The van der Waals surface area contributed by atoms with Crippen LogP contribution in [0.2, 0.25) is 0 Å². The first-order valence-corrected chi connectivity index (χ1v) is 11.5. The Hall–Kier alpha value is -3.90. The van der Waals surface area contributed by atoms with Gasteiger partial charge in [-0.15, -0.1) is 0 Å². The highest BCUT2D eigenvalue weighted by molar-refractivity contribution is 5.98. The summed E-state index contributed by atoms with van der Waals surface area (Å²) in [6.07, 6.45) is 2.90. The molecule has 35 heavy (non-hydrogen) atoms. The van der Waals surface area contributed by atoms with E-state index in [1.807, 2.05) is 26.8 Å². The zero-order chi connectivity index (χ0) is 26.1. The molecule has 0 aromatic heterocycles. The molecule has 2 aromatic carbocycles. The maximum absolute atomic E-state index is 12.7. The van der Waals surface area contributed by atoms with Crippen LogP contribution in [-0.2, 0) is 4.79 Å². The molecule has 0 atom stereocenters. The third kappa shape index (κ3) is 9.10. The third-order valence-corrected chi connectivity index (χ3v) is 5.13. The monoisotopic (exact) mass is 478 g/mol. The van der Waals surface area contributed by atoms with Crippen LogP contribution in [0.3, 0.4) is 0 Å². The van der Waals surface area contributed by atoms with Gasteiger partial charge in [0.2, 0.25) is 5.91 Å². The average Bonchev–Trinajstić information content (AvgIpc) is 2.78. The van der Waals surface area contributed by atoms with Crippen molar-refractivity contribution in [3.05, 3.63) is 48.0 Å². The Kier molecular flexibility index (Phi) is 9.37. The normalized spacial score (nSPS) is 11.6. The van der Waals surface area contributed by atoms with Crippen LogP contribution in [0.25, 0.3) is 0 Å². The molecule has 0 saturated carbocycles. The summed E-state index contributed by atoms with van der Waals surface area (Å²) in [7, 11) is 0. The lowest BCUT2D eigenvalue weighted by Gasteiger charge is -2.23. The van der Waals surface area contributed by atoms with Crippen LogP contribution in [0.15, 0.2) is 47.5 Å². The summed E-state index contributed by atoms with van der Waals surface area (Å²) in [6.45, 7) is 9.48. The molecule has 0 aliphatic heterocycles. The molecule has 186 valence electrons. The van der Waals surface area contributed by atoms with E-state index >= 15 is 0 Å².